The summed E-state index contributed by atoms with van der Waals surface area (Å²) in [7, 11) is 1.98. The smallest absolute Gasteiger partial charge is 0.223 e. The van der Waals surface area contributed by atoms with Crippen LogP contribution in [0.4, 0.5) is 5.82 Å². The zero-order chi connectivity index (χ0) is 22.2. The molecule has 1 fully saturated rings. The second-order valence-electron chi connectivity index (χ2n) is 8.80. The number of carbonyl (C=O) groups is 1. The number of nitrogens with one attached hydrogen (secondary N) is 1. The number of hydrogen-bond donors (Lipinski definition) is 2. The van der Waals surface area contributed by atoms with E-state index in [0.29, 0.717) is 5.02 Å². The number of hydrogen-bond acceptors (Lipinski definition) is 5. The van der Waals surface area contributed by atoms with Crippen LogP contribution in [-0.2, 0) is 11.8 Å². The second-order valence-corrected chi connectivity index (χ2v) is 9.20. The van der Waals surface area contributed by atoms with Crippen LogP contribution in [0, 0.1) is 5.92 Å². The van der Waals surface area contributed by atoms with E-state index in [0.717, 1.165) is 54.2 Å². The number of carbonyl (C=O) groups excluding carboxylic acids is 1. The Balaban J connectivity index is 1.49. The maximum absolute atomic E-state index is 12.4. The van der Waals surface area contributed by atoms with Crippen LogP contribution < -0.4 is 10.2 Å². The Hall–Kier alpha value is -2.64. The third-order valence-corrected chi connectivity index (χ3v) is 6.06. The maximum atomic E-state index is 12.4. The quantitative estimate of drug-likeness (QED) is 0.634. The van der Waals surface area contributed by atoms with Gasteiger partial charge in [0.15, 0.2) is 0 Å². The van der Waals surface area contributed by atoms with Crippen LogP contribution in [0.15, 0.2) is 36.5 Å². The number of imidazole rings is 1. The number of aliphatic hydroxyl groups is 1. The molecule has 3 heterocycles. The van der Waals surface area contributed by atoms with Crippen LogP contribution in [0.2, 0.25) is 5.02 Å². The number of aromatic nitrogens is 3. The van der Waals surface area contributed by atoms with E-state index in [-0.39, 0.29) is 18.4 Å². The molecular formula is C23H28ClN5O2. The number of pyridine rings is 1. The largest absolute Gasteiger partial charge is 0.389 e. The van der Waals surface area contributed by atoms with E-state index in [2.05, 4.69) is 15.2 Å². The monoisotopic (exact) mass is 441 g/mol. The lowest BCUT2D eigenvalue weighted by Gasteiger charge is -2.32. The maximum Gasteiger partial charge on any atom is 0.223 e. The van der Waals surface area contributed by atoms with Gasteiger partial charge in [-0.1, -0.05) is 23.7 Å². The molecule has 1 aliphatic rings. The van der Waals surface area contributed by atoms with E-state index in [1.54, 1.807) is 20.0 Å². The third-order valence-electron chi connectivity index (χ3n) is 5.75. The number of anilines is 1. The zero-order valence-electron chi connectivity index (χ0n) is 18.1. The average molecular weight is 442 g/mol. The number of nitrogens with zero attached hydrogens (tertiary/aromatic N) is 4. The first kappa shape index (κ1) is 21.6. The van der Waals surface area contributed by atoms with Crippen LogP contribution in [-0.4, -0.2) is 50.8 Å². The Labute approximate surface area is 187 Å². The summed E-state index contributed by atoms with van der Waals surface area (Å²) in [6.45, 7) is 5.09. The minimum absolute atomic E-state index is 0.00577. The fourth-order valence-corrected chi connectivity index (χ4v) is 4.16. The Morgan fingerprint density at radius 2 is 2.00 bits per heavy atom. The van der Waals surface area contributed by atoms with Crippen molar-refractivity contribution in [3.63, 3.8) is 0 Å². The summed E-state index contributed by atoms with van der Waals surface area (Å²) in [6, 6.07) is 9.98. The van der Waals surface area contributed by atoms with Crippen molar-refractivity contribution >= 4 is 34.4 Å². The van der Waals surface area contributed by atoms with Crippen LogP contribution in [0.5, 0.6) is 0 Å². The molecule has 0 spiro atoms. The van der Waals surface area contributed by atoms with Crippen molar-refractivity contribution < 1.29 is 9.90 Å². The molecule has 7 nitrogen and oxygen atoms in total. The summed E-state index contributed by atoms with van der Waals surface area (Å²) >= 11 is 6.50. The van der Waals surface area contributed by atoms with Crippen LogP contribution in [0.3, 0.4) is 0 Å². The van der Waals surface area contributed by atoms with Gasteiger partial charge < -0.3 is 19.9 Å². The Morgan fingerprint density at radius 1 is 1.29 bits per heavy atom. The van der Waals surface area contributed by atoms with Crippen LogP contribution in [0.1, 0.15) is 26.7 Å². The third kappa shape index (κ3) is 4.67. The number of para-hydroxylation sites is 2. The second kappa shape index (κ2) is 8.48. The molecule has 4 rings (SSSR count). The van der Waals surface area contributed by atoms with Gasteiger partial charge in [-0.2, -0.15) is 0 Å². The first-order chi connectivity index (χ1) is 14.7. The van der Waals surface area contributed by atoms with E-state index in [9.17, 15) is 9.90 Å². The van der Waals surface area contributed by atoms with Gasteiger partial charge in [-0.25, -0.2) is 9.97 Å². The normalized spacial score (nSPS) is 15.5. The number of rotatable bonds is 5. The molecule has 8 heteroatoms. The van der Waals surface area contributed by atoms with Gasteiger partial charge in [-0.05, 0) is 44.9 Å². The molecule has 0 unspecified atom stereocenters. The van der Waals surface area contributed by atoms with Crippen molar-refractivity contribution in [2.24, 2.45) is 13.0 Å². The minimum atomic E-state index is -0.907. The van der Waals surface area contributed by atoms with Crippen molar-refractivity contribution in [2.45, 2.75) is 32.3 Å². The summed E-state index contributed by atoms with van der Waals surface area (Å²) in [5.74, 6) is 1.59. The summed E-state index contributed by atoms with van der Waals surface area (Å²) in [5, 5.41) is 13.2. The van der Waals surface area contributed by atoms with E-state index in [1.807, 2.05) is 41.9 Å². The Kier molecular flexibility index (Phi) is 5.90. The predicted octanol–water partition coefficient (Wildman–Crippen LogP) is 3.39. The van der Waals surface area contributed by atoms with Gasteiger partial charge in [0.1, 0.15) is 11.6 Å². The predicted molar refractivity (Wildman–Crippen MR) is 123 cm³/mol. The molecule has 0 bridgehead atoms. The molecule has 0 radical (unpaired) electrons. The van der Waals surface area contributed by atoms with E-state index in [4.69, 9.17) is 16.6 Å². The lowest BCUT2D eigenvalue weighted by atomic mass is 9.95. The first-order valence-corrected chi connectivity index (χ1v) is 10.9. The fourth-order valence-electron chi connectivity index (χ4n) is 3.98. The summed E-state index contributed by atoms with van der Waals surface area (Å²) < 4.78 is 2.04. The first-order valence-electron chi connectivity index (χ1n) is 10.6. The lowest BCUT2D eigenvalue weighted by molar-refractivity contribution is -0.126. The van der Waals surface area contributed by atoms with Crippen molar-refractivity contribution in [3.05, 3.63) is 41.6 Å². The van der Waals surface area contributed by atoms with E-state index in [1.165, 1.54) is 0 Å². The van der Waals surface area contributed by atoms with E-state index < -0.39 is 5.60 Å². The highest BCUT2D eigenvalue weighted by atomic mass is 35.5. The van der Waals surface area contributed by atoms with Crippen molar-refractivity contribution in [2.75, 3.05) is 24.5 Å². The van der Waals surface area contributed by atoms with Gasteiger partial charge in [-0.15, -0.1) is 0 Å². The molecule has 31 heavy (non-hydrogen) atoms. The standard InChI is InChI=1S/C23H28ClN5O2/c1-23(2,31)14-26-22(30)15-8-10-29(11-9-15)20-12-16(17(24)13-25-20)21-27-18-6-4-5-7-19(18)28(21)3/h4-7,12-13,15,31H,8-11,14H2,1-3H3,(H,26,30). The van der Waals surface area contributed by atoms with Gasteiger partial charge in [0.2, 0.25) is 5.91 Å². The highest BCUT2D eigenvalue weighted by Gasteiger charge is 2.27. The summed E-state index contributed by atoms with van der Waals surface area (Å²) in [4.78, 5) is 23.9. The van der Waals surface area contributed by atoms with Gasteiger partial charge in [0.25, 0.3) is 0 Å². The van der Waals surface area contributed by atoms with Gasteiger partial charge >= 0.3 is 0 Å². The molecule has 1 aliphatic heterocycles. The topological polar surface area (TPSA) is 83.3 Å². The zero-order valence-corrected chi connectivity index (χ0v) is 18.9. The lowest BCUT2D eigenvalue weighted by Crippen LogP contribution is -2.44. The van der Waals surface area contributed by atoms with Crippen molar-refractivity contribution in [3.8, 4) is 11.4 Å². The minimum Gasteiger partial charge on any atom is -0.389 e. The molecule has 0 aliphatic carbocycles. The Bertz CT molecular complexity index is 1100. The number of aryl methyl sites for hydroxylation is 1. The molecule has 1 saturated heterocycles. The number of benzene rings is 1. The molecule has 1 amide bonds. The molecule has 0 saturated carbocycles. The summed E-state index contributed by atoms with van der Waals surface area (Å²) in [5.41, 5.74) is 1.91. The highest BCUT2D eigenvalue weighted by Crippen LogP contribution is 2.32. The average Bonchev–Trinajstić information content (AvgIpc) is 3.08. The van der Waals surface area contributed by atoms with Crippen molar-refractivity contribution in [1.82, 2.24) is 19.9 Å². The van der Waals surface area contributed by atoms with Gasteiger partial charge in [0.05, 0.1) is 21.7 Å². The van der Waals surface area contributed by atoms with Crippen molar-refractivity contribution in [1.29, 1.82) is 0 Å². The number of piperidine rings is 1. The molecule has 2 N–H and O–H groups in total. The van der Waals surface area contributed by atoms with Crippen LogP contribution >= 0.6 is 11.6 Å². The number of halogens is 1. The number of fused-ring (bicyclic) bond motifs is 1. The van der Waals surface area contributed by atoms with Gasteiger partial charge in [-0.3, -0.25) is 4.79 Å². The number of amides is 1. The molecule has 2 aromatic heterocycles. The van der Waals surface area contributed by atoms with E-state index >= 15 is 0 Å². The fraction of sp³-hybridized carbons (Fsp3) is 0.435. The van der Waals surface area contributed by atoms with Crippen LogP contribution in [0.25, 0.3) is 22.4 Å². The summed E-state index contributed by atoms with van der Waals surface area (Å²) in [6.07, 6.45) is 3.15. The van der Waals surface area contributed by atoms with Gasteiger partial charge in [0, 0.05) is 44.4 Å². The molecule has 0 atom stereocenters. The Morgan fingerprint density at radius 3 is 2.68 bits per heavy atom. The molecule has 164 valence electrons. The highest BCUT2D eigenvalue weighted by molar-refractivity contribution is 6.33. The molecule has 1 aromatic carbocycles. The molecule has 3 aromatic rings. The molecular weight excluding hydrogens is 414 g/mol. The SMILES string of the molecule is Cn1c(-c2cc(N3CCC(C(=O)NCC(C)(C)O)CC3)ncc2Cl)nc2ccccc21.